The molecular formula is C20H27FN4O6. The lowest BCUT2D eigenvalue weighted by atomic mass is 10.1. The molecule has 10 nitrogen and oxygen atoms in total. The van der Waals surface area contributed by atoms with Crippen molar-refractivity contribution in [1.29, 1.82) is 0 Å². The molecule has 31 heavy (non-hydrogen) atoms. The minimum Gasteiger partial charge on any atom is -0.483 e. The van der Waals surface area contributed by atoms with Crippen LogP contribution in [0.1, 0.15) is 23.2 Å². The highest BCUT2D eigenvalue weighted by Crippen LogP contribution is 2.26. The zero-order chi connectivity index (χ0) is 23.0. The molecule has 3 rings (SSSR count). The molecule has 1 heterocycles. The second-order valence-corrected chi connectivity index (χ2v) is 7.41. The maximum absolute atomic E-state index is 13.0. The summed E-state index contributed by atoms with van der Waals surface area (Å²) in [6.07, 6.45) is -0.245. The number of halogens is 1. The minimum absolute atomic E-state index is 0.0471. The van der Waals surface area contributed by atoms with Crippen LogP contribution in [-0.2, 0) is 9.59 Å². The number of carbonyl (C=O) groups excluding carboxylic acids is 3. The van der Waals surface area contributed by atoms with Gasteiger partial charge in [0.25, 0.3) is 12.4 Å². The van der Waals surface area contributed by atoms with Crippen LogP contribution < -0.4 is 10.6 Å². The van der Waals surface area contributed by atoms with Crippen LogP contribution in [-0.4, -0.2) is 89.7 Å². The number of carboxylic acid groups (broad SMARTS) is 1. The molecule has 3 atom stereocenters. The van der Waals surface area contributed by atoms with Gasteiger partial charge in [0.05, 0.1) is 12.1 Å². The number of rotatable bonds is 6. The van der Waals surface area contributed by atoms with Crippen LogP contribution in [0.5, 0.6) is 0 Å². The molecule has 4 amide bonds. The number of aliphatic hydroxyl groups is 1. The van der Waals surface area contributed by atoms with Crippen molar-refractivity contribution in [3.63, 3.8) is 0 Å². The fraction of sp³-hybridized carbons (Fsp3) is 0.500. The quantitative estimate of drug-likeness (QED) is 0.457. The summed E-state index contributed by atoms with van der Waals surface area (Å²) in [5, 5.41) is 22.6. The number of carbonyl (C=O) groups is 4. The molecule has 1 aromatic rings. The summed E-state index contributed by atoms with van der Waals surface area (Å²) in [4.78, 5) is 48.1. The second-order valence-electron chi connectivity index (χ2n) is 7.41. The van der Waals surface area contributed by atoms with Crippen molar-refractivity contribution in [3.8, 4) is 0 Å². The topological polar surface area (TPSA) is 139 Å². The number of benzene rings is 1. The zero-order valence-corrected chi connectivity index (χ0v) is 17.2. The van der Waals surface area contributed by atoms with Gasteiger partial charge in [-0.3, -0.25) is 14.4 Å². The third-order valence-corrected chi connectivity index (χ3v) is 5.31. The first-order valence-corrected chi connectivity index (χ1v) is 9.87. The lowest BCUT2D eigenvalue weighted by Gasteiger charge is -2.17. The Hall–Kier alpha value is -3.21. The van der Waals surface area contributed by atoms with Crippen LogP contribution >= 0.6 is 0 Å². The van der Waals surface area contributed by atoms with E-state index in [1.807, 2.05) is 0 Å². The fourth-order valence-electron chi connectivity index (χ4n) is 3.61. The molecule has 4 N–H and O–H groups in total. The van der Waals surface area contributed by atoms with Gasteiger partial charge in [-0.2, -0.15) is 0 Å². The SMILES string of the molecule is CN1CCN(CCNC(=O)[C@H]2C[C@H](NC(=O)c3ccc(F)cc3)[C@@H](O)C2)C1=O.O=CO. The van der Waals surface area contributed by atoms with Crippen molar-refractivity contribution in [2.75, 3.05) is 33.2 Å². The van der Waals surface area contributed by atoms with Crippen molar-refractivity contribution in [1.82, 2.24) is 20.4 Å². The van der Waals surface area contributed by atoms with Gasteiger partial charge in [0.2, 0.25) is 5.91 Å². The highest BCUT2D eigenvalue weighted by atomic mass is 19.1. The summed E-state index contributed by atoms with van der Waals surface area (Å²) in [6.45, 7) is 1.86. The van der Waals surface area contributed by atoms with Crippen LogP contribution in [0, 0.1) is 11.7 Å². The Labute approximate surface area is 179 Å². The molecule has 2 aliphatic rings. The van der Waals surface area contributed by atoms with E-state index in [0.29, 0.717) is 38.2 Å². The maximum Gasteiger partial charge on any atom is 0.319 e. The normalized spacial score (nSPS) is 22.5. The van der Waals surface area contributed by atoms with Gasteiger partial charge in [0.15, 0.2) is 0 Å². The van der Waals surface area contributed by atoms with Gasteiger partial charge in [0.1, 0.15) is 5.82 Å². The van der Waals surface area contributed by atoms with Gasteiger partial charge in [-0.25, -0.2) is 9.18 Å². The highest BCUT2D eigenvalue weighted by Gasteiger charge is 2.37. The lowest BCUT2D eigenvalue weighted by Crippen LogP contribution is -2.40. The van der Waals surface area contributed by atoms with Gasteiger partial charge >= 0.3 is 6.03 Å². The number of hydrogen-bond donors (Lipinski definition) is 4. The summed E-state index contributed by atoms with van der Waals surface area (Å²) in [5.74, 6) is -1.46. The largest absolute Gasteiger partial charge is 0.483 e. The third-order valence-electron chi connectivity index (χ3n) is 5.31. The summed E-state index contributed by atoms with van der Waals surface area (Å²) in [5.41, 5.74) is 0.293. The fourth-order valence-corrected chi connectivity index (χ4v) is 3.61. The standard InChI is InChI=1S/C19H25FN4O4.CH2O2/c1-23-8-9-24(19(23)28)7-6-21-17(26)13-10-15(16(25)11-13)22-18(27)12-2-4-14(20)5-3-12;2-1-3/h2-5,13,15-16,25H,6-11H2,1H3,(H,21,26)(H,22,27);1H,(H,2,3)/t13-,15-,16-;/m0./s1. The van der Waals surface area contributed by atoms with E-state index in [9.17, 15) is 23.9 Å². The van der Waals surface area contributed by atoms with E-state index in [2.05, 4.69) is 10.6 Å². The molecule has 1 saturated heterocycles. The van der Waals surface area contributed by atoms with E-state index >= 15 is 0 Å². The molecule has 0 aromatic heterocycles. The molecule has 170 valence electrons. The Morgan fingerprint density at radius 1 is 1.23 bits per heavy atom. The summed E-state index contributed by atoms with van der Waals surface area (Å²) < 4.78 is 13.0. The monoisotopic (exact) mass is 438 g/mol. The van der Waals surface area contributed by atoms with Crippen LogP contribution in [0.3, 0.4) is 0 Å². The molecular weight excluding hydrogens is 411 g/mol. The lowest BCUT2D eigenvalue weighted by molar-refractivity contribution is -0.125. The van der Waals surface area contributed by atoms with Gasteiger partial charge < -0.3 is 30.6 Å². The summed E-state index contributed by atoms with van der Waals surface area (Å²) in [6, 6.07) is 4.54. The number of hydrogen-bond acceptors (Lipinski definition) is 5. The van der Waals surface area contributed by atoms with Crippen molar-refractivity contribution >= 4 is 24.3 Å². The van der Waals surface area contributed by atoms with Gasteiger partial charge in [-0.05, 0) is 37.1 Å². The number of nitrogens with zero attached hydrogens (tertiary/aromatic N) is 2. The summed E-state index contributed by atoms with van der Waals surface area (Å²) >= 11 is 0. The predicted molar refractivity (Wildman–Crippen MR) is 108 cm³/mol. The van der Waals surface area contributed by atoms with E-state index < -0.39 is 29.8 Å². The Bertz CT molecular complexity index is 790. The molecule has 0 unspecified atom stereocenters. The van der Waals surface area contributed by atoms with Crippen LogP contribution in [0.25, 0.3) is 0 Å². The van der Waals surface area contributed by atoms with Crippen LogP contribution in [0.2, 0.25) is 0 Å². The average molecular weight is 438 g/mol. The third kappa shape index (κ3) is 6.64. The van der Waals surface area contributed by atoms with Crippen LogP contribution in [0.15, 0.2) is 24.3 Å². The number of amides is 4. The molecule has 1 aromatic carbocycles. The number of urea groups is 1. The average Bonchev–Trinajstić information content (AvgIpc) is 3.26. The van der Waals surface area contributed by atoms with Crippen LogP contribution in [0.4, 0.5) is 9.18 Å². The second kappa shape index (κ2) is 11.3. The molecule has 11 heteroatoms. The molecule has 0 radical (unpaired) electrons. The molecule has 0 spiro atoms. The zero-order valence-electron chi connectivity index (χ0n) is 17.2. The van der Waals surface area contributed by atoms with E-state index in [4.69, 9.17) is 9.90 Å². The Balaban J connectivity index is 0.00000107. The van der Waals surface area contributed by atoms with E-state index in [-0.39, 0.29) is 24.8 Å². The number of likely N-dealkylation sites (N-methyl/N-ethyl adjacent to an activating group) is 1. The van der Waals surface area contributed by atoms with E-state index in [0.717, 1.165) is 0 Å². The van der Waals surface area contributed by atoms with Gasteiger partial charge in [-0.1, -0.05) is 0 Å². The molecule has 1 aliphatic carbocycles. The molecule has 1 saturated carbocycles. The van der Waals surface area contributed by atoms with E-state index in [1.54, 1.807) is 16.8 Å². The maximum atomic E-state index is 13.0. The molecule has 0 bridgehead atoms. The van der Waals surface area contributed by atoms with Gasteiger partial charge in [0, 0.05) is 44.7 Å². The van der Waals surface area contributed by atoms with Gasteiger partial charge in [-0.15, -0.1) is 0 Å². The van der Waals surface area contributed by atoms with Crippen molar-refractivity contribution in [3.05, 3.63) is 35.6 Å². The first kappa shape index (κ1) is 24.1. The minimum atomic E-state index is -0.825. The molecule has 2 fully saturated rings. The molecule has 1 aliphatic heterocycles. The Morgan fingerprint density at radius 2 is 1.87 bits per heavy atom. The highest BCUT2D eigenvalue weighted by molar-refractivity contribution is 5.94. The Kier molecular flexibility index (Phi) is 8.74. The van der Waals surface area contributed by atoms with Crippen molar-refractivity contribution in [2.45, 2.75) is 25.0 Å². The van der Waals surface area contributed by atoms with Crippen molar-refractivity contribution < 1.29 is 33.8 Å². The first-order valence-electron chi connectivity index (χ1n) is 9.87. The number of nitrogens with one attached hydrogen (secondary N) is 2. The number of aliphatic hydroxyl groups excluding tert-OH is 1. The predicted octanol–water partition coefficient (Wildman–Crippen LogP) is -0.121. The van der Waals surface area contributed by atoms with Crippen molar-refractivity contribution in [2.24, 2.45) is 5.92 Å². The Morgan fingerprint density at radius 3 is 2.45 bits per heavy atom. The first-order chi connectivity index (χ1) is 14.8. The summed E-state index contributed by atoms with van der Waals surface area (Å²) in [7, 11) is 1.74. The smallest absolute Gasteiger partial charge is 0.319 e. The van der Waals surface area contributed by atoms with E-state index in [1.165, 1.54) is 24.3 Å².